The summed E-state index contributed by atoms with van der Waals surface area (Å²) in [5, 5.41) is 16.3. The number of nitrogens with zero attached hydrogens (tertiary/aromatic N) is 3. The fourth-order valence-corrected chi connectivity index (χ4v) is 3.73. The maximum absolute atomic E-state index is 4.57. The smallest absolute Gasteiger partial charge is 0.244 e. The quantitative estimate of drug-likeness (QED) is 0.582. The van der Waals surface area contributed by atoms with Crippen molar-refractivity contribution in [3.8, 4) is 0 Å². The first-order valence-electron chi connectivity index (χ1n) is 9.63. The van der Waals surface area contributed by atoms with Gasteiger partial charge in [0.25, 0.3) is 0 Å². The molecular formula is C20H26N6. The first-order chi connectivity index (χ1) is 12.9. The fourth-order valence-electron chi connectivity index (χ4n) is 3.73. The summed E-state index contributed by atoms with van der Waals surface area (Å²) in [4.78, 5) is 7.89. The molecule has 1 fully saturated rings. The van der Waals surface area contributed by atoms with Crippen molar-refractivity contribution in [2.45, 2.75) is 51.0 Å². The molecule has 1 saturated carbocycles. The Morgan fingerprint density at radius 2 is 1.92 bits per heavy atom. The number of benzene rings is 1. The normalized spacial score (nSPS) is 15.7. The van der Waals surface area contributed by atoms with Gasteiger partial charge in [-0.05, 0) is 30.9 Å². The number of nitrogens with one attached hydrogen (secondary N) is 3. The third-order valence-electron chi connectivity index (χ3n) is 5.12. The van der Waals surface area contributed by atoms with Crippen LogP contribution in [0.4, 0.5) is 11.8 Å². The molecule has 0 bridgehead atoms. The van der Waals surface area contributed by atoms with E-state index in [1.807, 2.05) is 6.07 Å². The lowest BCUT2D eigenvalue weighted by Crippen LogP contribution is -2.20. The highest BCUT2D eigenvalue weighted by Gasteiger charge is 2.13. The Kier molecular flexibility index (Phi) is 5.28. The van der Waals surface area contributed by atoms with Crippen LogP contribution in [0.5, 0.6) is 0 Å². The molecule has 3 N–H and O–H groups in total. The van der Waals surface area contributed by atoms with Gasteiger partial charge in [-0.15, -0.1) is 5.10 Å². The third-order valence-corrected chi connectivity index (χ3v) is 5.12. The minimum atomic E-state index is 0.508. The van der Waals surface area contributed by atoms with E-state index in [-0.39, 0.29) is 0 Å². The van der Waals surface area contributed by atoms with Crippen LogP contribution in [0, 0.1) is 0 Å². The summed E-state index contributed by atoms with van der Waals surface area (Å²) in [5.74, 6) is 1.41. The average molecular weight is 350 g/mol. The van der Waals surface area contributed by atoms with Crippen molar-refractivity contribution in [3.05, 3.63) is 42.2 Å². The number of anilines is 2. The van der Waals surface area contributed by atoms with Gasteiger partial charge in [0.1, 0.15) is 0 Å². The topological polar surface area (TPSA) is 78.5 Å². The Bertz CT molecular complexity index is 835. The van der Waals surface area contributed by atoms with E-state index in [2.05, 4.69) is 55.2 Å². The zero-order chi connectivity index (χ0) is 17.6. The first kappa shape index (κ1) is 16.8. The van der Waals surface area contributed by atoms with Gasteiger partial charge < -0.3 is 15.6 Å². The van der Waals surface area contributed by atoms with E-state index in [4.69, 9.17) is 0 Å². The molecule has 1 aliphatic rings. The van der Waals surface area contributed by atoms with Crippen molar-refractivity contribution in [2.75, 3.05) is 17.2 Å². The molecule has 0 unspecified atom stereocenters. The van der Waals surface area contributed by atoms with Crippen molar-refractivity contribution in [3.63, 3.8) is 0 Å². The van der Waals surface area contributed by atoms with Crippen molar-refractivity contribution in [2.24, 2.45) is 0 Å². The Morgan fingerprint density at radius 1 is 1.08 bits per heavy atom. The van der Waals surface area contributed by atoms with E-state index in [0.717, 1.165) is 18.8 Å². The second-order valence-corrected chi connectivity index (χ2v) is 7.03. The van der Waals surface area contributed by atoms with Gasteiger partial charge in [0.15, 0.2) is 5.82 Å². The van der Waals surface area contributed by atoms with Crippen LogP contribution >= 0.6 is 0 Å². The molecule has 2 aromatic heterocycles. The number of para-hydroxylation sites is 1. The highest BCUT2D eigenvalue weighted by molar-refractivity contribution is 5.83. The molecule has 2 heterocycles. The van der Waals surface area contributed by atoms with Crippen LogP contribution in [0.2, 0.25) is 0 Å². The maximum Gasteiger partial charge on any atom is 0.244 e. The average Bonchev–Trinajstić information content (AvgIpc) is 2.90. The van der Waals surface area contributed by atoms with E-state index in [0.29, 0.717) is 12.0 Å². The van der Waals surface area contributed by atoms with Crippen LogP contribution in [0.3, 0.4) is 0 Å². The predicted molar refractivity (Wildman–Crippen MR) is 105 cm³/mol. The van der Waals surface area contributed by atoms with Crippen molar-refractivity contribution in [1.82, 2.24) is 20.2 Å². The Balaban J connectivity index is 1.33. The van der Waals surface area contributed by atoms with E-state index >= 15 is 0 Å². The summed E-state index contributed by atoms with van der Waals surface area (Å²) in [6.45, 7) is 0.774. The predicted octanol–water partition coefficient (Wildman–Crippen LogP) is 4.14. The van der Waals surface area contributed by atoms with Gasteiger partial charge in [-0.2, -0.15) is 10.1 Å². The molecule has 1 aromatic carbocycles. The molecule has 4 rings (SSSR count). The highest BCUT2D eigenvalue weighted by Crippen LogP contribution is 2.20. The molecule has 0 saturated heterocycles. The highest BCUT2D eigenvalue weighted by atomic mass is 15.3. The summed E-state index contributed by atoms with van der Waals surface area (Å²) >= 11 is 0. The van der Waals surface area contributed by atoms with Gasteiger partial charge in [-0.3, -0.25) is 0 Å². The van der Waals surface area contributed by atoms with E-state index < -0.39 is 0 Å². The molecule has 0 atom stereocenters. The van der Waals surface area contributed by atoms with Gasteiger partial charge in [-0.25, -0.2) is 0 Å². The van der Waals surface area contributed by atoms with Crippen LogP contribution in [0.1, 0.15) is 44.1 Å². The Labute approximate surface area is 153 Å². The molecule has 0 spiro atoms. The molecule has 3 aromatic rings. The van der Waals surface area contributed by atoms with Crippen molar-refractivity contribution in [1.29, 1.82) is 0 Å². The van der Waals surface area contributed by atoms with E-state index in [1.165, 1.54) is 55.0 Å². The molecule has 0 radical (unpaired) electrons. The third kappa shape index (κ3) is 4.12. The molecule has 0 amide bonds. The summed E-state index contributed by atoms with van der Waals surface area (Å²) in [5.41, 5.74) is 2.48. The lowest BCUT2D eigenvalue weighted by Gasteiger charge is -2.16. The Hall–Kier alpha value is -2.63. The standard InChI is InChI=1S/C20H26N6/c1-2-4-8-16(7-3-1)24-19-14-23-26-20(25-19)21-12-11-15-13-22-18-10-6-5-9-17(15)18/h5-6,9-10,13-14,16,22H,1-4,7-8,11-12H2,(H2,21,24,25,26). The van der Waals surface area contributed by atoms with Gasteiger partial charge in [0, 0.05) is 29.7 Å². The van der Waals surface area contributed by atoms with Gasteiger partial charge in [0.05, 0.1) is 6.20 Å². The summed E-state index contributed by atoms with van der Waals surface area (Å²) in [7, 11) is 0. The molecule has 6 nitrogen and oxygen atoms in total. The molecule has 0 aliphatic heterocycles. The zero-order valence-corrected chi connectivity index (χ0v) is 15.0. The lowest BCUT2D eigenvalue weighted by molar-refractivity contribution is 0.616. The SMILES string of the molecule is c1ccc2c(CCNc3nncc(NC4CCCCCC4)n3)c[nH]c2c1. The maximum atomic E-state index is 4.57. The van der Waals surface area contributed by atoms with Crippen molar-refractivity contribution < 1.29 is 0 Å². The number of aromatic amines is 1. The summed E-state index contributed by atoms with van der Waals surface area (Å²) in [6, 6.07) is 8.88. The Morgan fingerprint density at radius 3 is 2.81 bits per heavy atom. The first-order valence-corrected chi connectivity index (χ1v) is 9.63. The van der Waals surface area contributed by atoms with E-state index in [9.17, 15) is 0 Å². The molecule has 6 heteroatoms. The van der Waals surface area contributed by atoms with E-state index in [1.54, 1.807) is 6.20 Å². The molecule has 1 aliphatic carbocycles. The van der Waals surface area contributed by atoms with Crippen LogP contribution in [-0.4, -0.2) is 32.8 Å². The summed E-state index contributed by atoms with van der Waals surface area (Å²) in [6.07, 6.45) is 12.4. The largest absolute Gasteiger partial charge is 0.366 e. The number of aromatic nitrogens is 4. The lowest BCUT2D eigenvalue weighted by atomic mass is 10.1. The van der Waals surface area contributed by atoms with Gasteiger partial charge in [0.2, 0.25) is 5.95 Å². The number of H-pyrrole nitrogens is 1. The van der Waals surface area contributed by atoms with Gasteiger partial charge >= 0.3 is 0 Å². The summed E-state index contributed by atoms with van der Waals surface area (Å²) < 4.78 is 0. The second-order valence-electron chi connectivity index (χ2n) is 7.03. The van der Waals surface area contributed by atoms with Gasteiger partial charge in [-0.1, -0.05) is 43.9 Å². The monoisotopic (exact) mass is 350 g/mol. The number of rotatable bonds is 6. The molecule has 26 heavy (non-hydrogen) atoms. The van der Waals surface area contributed by atoms with Crippen LogP contribution in [-0.2, 0) is 6.42 Å². The molecule has 136 valence electrons. The van der Waals surface area contributed by atoms with Crippen molar-refractivity contribution >= 4 is 22.7 Å². The van der Waals surface area contributed by atoms with Crippen LogP contribution in [0.25, 0.3) is 10.9 Å². The molecular weight excluding hydrogens is 324 g/mol. The number of fused-ring (bicyclic) bond motifs is 1. The zero-order valence-electron chi connectivity index (χ0n) is 15.0. The number of hydrogen-bond acceptors (Lipinski definition) is 5. The minimum absolute atomic E-state index is 0.508. The fraction of sp³-hybridized carbons (Fsp3) is 0.450. The second kappa shape index (κ2) is 8.17. The van der Waals surface area contributed by atoms with Crippen LogP contribution in [0.15, 0.2) is 36.7 Å². The van der Waals surface area contributed by atoms with Crippen LogP contribution < -0.4 is 10.6 Å². The minimum Gasteiger partial charge on any atom is -0.366 e. The number of hydrogen-bond donors (Lipinski definition) is 3.